The number of rotatable bonds is 3. The number of anilines is 2. The standard InChI is InChI=1S/C26H27N7/c1-16-8-20(9-17(2)25(16)33-6-4-32(3)5-7-33)24-13-22-23(15-29-26(22)31-30-24)19-10-18(14-27)11-21(28)12-19/h8-13,15H,4-7,28H2,1-3H3,(H,29,31). The van der Waals surface area contributed by atoms with Gasteiger partial charge in [0.05, 0.1) is 17.3 Å². The molecule has 5 rings (SSSR count). The van der Waals surface area contributed by atoms with Crippen LogP contribution in [-0.4, -0.2) is 53.3 Å². The number of nitriles is 1. The van der Waals surface area contributed by atoms with E-state index in [4.69, 9.17) is 5.73 Å². The Morgan fingerprint density at radius 1 is 0.939 bits per heavy atom. The Kier molecular flexibility index (Phi) is 5.23. The first kappa shape index (κ1) is 21.0. The first-order chi connectivity index (χ1) is 15.9. The van der Waals surface area contributed by atoms with Gasteiger partial charge in [0.1, 0.15) is 0 Å². The van der Waals surface area contributed by atoms with Crippen molar-refractivity contribution < 1.29 is 0 Å². The molecule has 4 aromatic rings. The minimum absolute atomic E-state index is 0.535. The minimum atomic E-state index is 0.535. The monoisotopic (exact) mass is 437 g/mol. The maximum Gasteiger partial charge on any atom is 0.160 e. The number of likely N-dealkylation sites (N-methyl/N-ethyl adjacent to an activating group) is 1. The molecule has 0 unspecified atom stereocenters. The molecule has 3 heterocycles. The SMILES string of the molecule is Cc1cc(-c2cc3c(-c4cc(N)cc(C#N)c4)c[nH]c3nn2)cc(C)c1N1CCN(C)CC1. The van der Waals surface area contributed by atoms with Crippen molar-refractivity contribution in [1.82, 2.24) is 20.1 Å². The van der Waals surface area contributed by atoms with Gasteiger partial charge in [-0.1, -0.05) is 0 Å². The Morgan fingerprint density at radius 2 is 1.67 bits per heavy atom. The highest BCUT2D eigenvalue weighted by molar-refractivity contribution is 5.96. The van der Waals surface area contributed by atoms with Crippen LogP contribution in [0.3, 0.4) is 0 Å². The van der Waals surface area contributed by atoms with E-state index in [-0.39, 0.29) is 0 Å². The predicted molar refractivity (Wildman–Crippen MR) is 133 cm³/mol. The van der Waals surface area contributed by atoms with Crippen LogP contribution in [0, 0.1) is 25.2 Å². The van der Waals surface area contributed by atoms with E-state index in [1.165, 1.54) is 16.8 Å². The highest BCUT2D eigenvalue weighted by Gasteiger charge is 2.19. The zero-order valence-electron chi connectivity index (χ0n) is 19.2. The Hall–Kier alpha value is -3.89. The normalized spacial score (nSPS) is 14.5. The molecule has 0 bridgehead atoms. The van der Waals surface area contributed by atoms with Crippen molar-refractivity contribution in [2.45, 2.75) is 13.8 Å². The maximum absolute atomic E-state index is 9.33. The summed E-state index contributed by atoms with van der Waals surface area (Å²) in [5.74, 6) is 0. The summed E-state index contributed by atoms with van der Waals surface area (Å²) in [5.41, 5.74) is 15.4. The number of nitrogens with one attached hydrogen (secondary N) is 1. The smallest absolute Gasteiger partial charge is 0.160 e. The van der Waals surface area contributed by atoms with Crippen molar-refractivity contribution >= 4 is 22.4 Å². The predicted octanol–water partition coefficient (Wildman–Crippen LogP) is 4.11. The number of hydrogen-bond acceptors (Lipinski definition) is 6. The van der Waals surface area contributed by atoms with Crippen LogP contribution in [0.15, 0.2) is 42.6 Å². The third kappa shape index (κ3) is 3.90. The number of nitrogen functional groups attached to an aromatic ring is 1. The maximum atomic E-state index is 9.33. The molecule has 0 spiro atoms. The number of piperazine rings is 1. The number of fused-ring (bicyclic) bond motifs is 1. The van der Waals surface area contributed by atoms with E-state index in [0.717, 1.165) is 53.9 Å². The van der Waals surface area contributed by atoms with Crippen molar-refractivity contribution in [3.8, 4) is 28.5 Å². The first-order valence-electron chi connectivity index (χ1n) is 11.1. The molecule has 1 fully saturated rings. The van der Waals surface area contributed by atoms with Crippen LogP contribution < -0.4 is 10.6 Å². The van der Waals surface area contributed by atoms with E-state index >= 15 is 0 Å². The van der Waals surface area contributed by atoms with Gasteiger partial charge in [-0.15, -0.1) is 10.2 Å². The lowest BCUT2D eigenvalue weighted by Crippen LogP contribution is -2.45. The number of benzene rings is 2. The van der Waals surface area contributed by atoms with Crippen molar-refractivity contribution in [3.05, 3.63) is 59.3 Å². The molecule has 0 amide bonds. The van der Waals surface area contributed by atoms with Crippen molar-refractivity contribution in [2.75, 3.05) is 43.9 Å². The average Bonchev–Trinajstić information content (AvgIpc) is 3.22. The van der Waals surface area contributed by atoms with E-state index in [2.05, 4.69) is 70.1 Å². The topological polar surface area (TPSA) is 97.9 Å². The van der Waals surface area contributed by atoms with E-state index in [0.29, 0.717) is 16.9 Å². The van der Waals surface area contributed by atoms with E-state index in [9.17, 15) is 5.26 Å². The molecule has 2 aromatic carbocycles. The van der Waals surface area contributed by atoms with Crippen molar-refractivity contribution in [2.24, 2.45) is 0 Å². The number of aromatic amines is 1. The molecule has 1 saturated heterocycles. The summed E-state index contributed by atoms with van der Waals surface area (Å²) in [6, 6.07) is 14.1. The van der Waals surface area contributed by atoms with Gasteiger partial charge in [0.2, 0.25) is 0 Å². The Morgan fingerprint density at radius 3 is 2.36 bits per heavy atom. The Labute approximate surface area is 193 Å². The number of nitrogens with zero attached hydrogens (tertiary/aromatic N) is 5. The first-order valence-corrected chi connectivity index (χ1v) is 11.1. The van der Waals surface area contributed by atoms with Crippen LogP contribution in [0.5, 0.6) is 0 Å². The summed E-state index contributed by atoms with van der Waals surface area (Å²) >= 11 is 0. The van der Waals surface area contributed by atoms with Gasteiger partial charge < -0.3 is 20.5 Å². The van der Waals surface area contributed by atoms with Gasteiger partial charge in [0.15, 0.2) is 5.65 Å². The molecule has 0 atom stereocenters. The van der Waals surface area contributed by atoms with Crippen molar-refractivity contribution in [3.63, 3.8) is 0 Å². The fourth-order valence-corrected chi connectivity index (χ4v) is 4.81. The lowest BCUT2D eigenvalue weighted by Gasteiger charge is -2.36. The summed E-state index contributed by atoms with van der Waals surface area (Å²) < 4.78 is 0. The van der Waals surface area contributed by atoms with Gasteiger partial charge in [0.25, 0.3) is 0 Å². The molecule has 1 aliphatic rings. The Balaban J connectivity index is 1.55. The fraction of sp³-hybridized carbons (Fsp3) is 0.269. The third-order valence-corrected chi connectivity index (χ3v) is 6.44. The minimum Gasteiger partial charge on any atom is -0.399 e. The lowest BCUT2D eigenvalue weighted by molar-refractivity contribution is 0.312. The second-order valence-corrected chi connectivity index (χ2v) is 8.90. The zero-order valence-corrected chi connectivity index (χ0v) is 19.2. The lowest BCUT2D eigenvalue weighted by atomic mass is 9.99. The van der Waals surface area contributed by atoms with Gasteiger partial charge >= 0.3 is 0 Å². The van der Waals surface area contributed by atoms with Crippen LogP contribution in [0.1, 0.15) is 16.7 Å². The van der Waals surface area contributed by atoms with Crippen LogP contribution in [0.4, 0.5) is 11.4 Å². The summed E-state index contributed by atoms with van der Waals surface area (Å²) in [6.45, 7) is 8.59. The van der Waals surface area contributed by atoms with Crippen LogP contribution in [-0.2, 0) is 0 Å². The highest BCUT2D eigenvalue weighted by Crippen LogP contribution is 2.34. The molecule has 2 aromatic heterocycles. The summed E-state index contributed by atoms with van der Waals surface area (Å²) in [4.78, 5) is 8.05. The van der Waals surface area contributed by atoms with Gasteiger partial charge in [-0.2, -0.15) is 5.26 Å². The summed E-state index contributed by atoms with van der Waals surface area (Å²) in [6.07, 6.45) is 1.89. The van der Waals surface area contributed by atoms with Gasteiger partial charge in [-0.25, -0.2) is 0 Å². The van der Waals surface area contributed by atoms with E-state index in [1.807, 2.05) is 18.3 Å². The fourth-order valence-electron chi connectivity index (χ4n) is 4.81. The van der Waals surface area contributed by atoms with Gasteiger partial charge in [-0.3, -0.25) is 0 Å². The molecule has 0 saturated carbocycles. The number of nitrogens with two attached hydrogens (primary N) is 1. The van der Waals surface area contributed by atoms with Gasteiger partial charge in [0, 0.05) is 60.3 Å². The van der Waals surface area contributed by atoms with Gasteiger partial charge in [-0.05, 0) is 74.0 Å². The van der Waals surface area contributed by atoms with Crippen molar-refractivity contribution in [1.29, 1.82) is 5.26 Å². The molecule has 7 heteroatoms. The average molecular weight is 438 g/mol. The molecule has 166 valence electrons. The van der Waals surface area contributed by atoms with Crippen LogP contribution in [0.2, 0.25) is 0 Å². The summed E-state index contributed by atoms with van der Waals surface area (Å²) in [7, 11) is 2.18. The Bertz CT molecular complexity index is 1360. The molecular weight excluding hydrogens is 410 g/mol. The molecule has 3 N–H and O–H groups in total. The van der Waals surface area contributed by atoms with Crippen LogP contribution >= 0.6 is 0 Å². The molecule has 1 aliphatic heterocycles. The number of aryl methyl sites for hydroxylation is 2. The molecule has 33 heavy (non-hydrogen) atoms. The molecule has 0 aliphatic carbocycles. The molecular formula is C26H27N7. The van der Waals surface area contributed by atoms with Crippen LogP contribution in [0.25, 0.3) is 33.4 Å². The zero-order chi connectivity index (χ0) is 23.1. The summed E-state index contributed by atoms with van der Waals surface area (Å²) in [5, 5.41) is 19.2. The molecule has 0 radical (unpaired) electrons. The second-order valence-electron chi connectivity index (χ2n) is 8.90. The second kappa shape index (κ2) is 8.23. The number of hydrogen-bond donors (Lipinski definition) is 2. The quantitative estimate of drug-likeness (QED) is 0.468. The number of aromatic nitrogens is 3. The molecule has 7 nitrogen and oxygen atoms in total. The largest absolute Gasteiger partial charge is 0.399 e. The third-order valence-electron chi connectivity index (χ3n) is 6.44. The number of H-pyrrole nitrogens is 1. The van der Waals surface area contributed by atoms with E-state index in [1.54, 1.807) is 6.07 Å². The van der Waals surface area contributed by atoms with E-state index < -0.39 is 0 Å². The highest BCUT2D eigenvalue weighted by atomic mass is 15.2.